The van der Waals surface area contributed by atoms with Crippen molar-refractivity contribution in [3.8, 4) is 5.75 Å². The van der Waals surface area contributed by atoms with Crippen molar-refractivity contribution < 1.29 is 19.1 Å². The van der Waals surface area contributed by atoms with Gasteiger partial charge in [-0.2, -0.15) is 0 Å². The predicted molar refractivity (Wildman–Crippen MR) is 114 cm³/mol. The van der Waals surface area contributed by atoms with E-state index in [1.165, 1.54) is 51.4 Å². The molecular formula is C23H35ClO4. The number of rotatable bonds is 16. The third-order valence-electron chi connectivity index (χ3n) is 4.58. The lowest BCUT2D eigenvalue weighted by atomic mass is 10.1. The van der Waals surface area contributed by atoms with Crippen LogP contribution in [0, 0.1) is 0 Å². The van der Waals surface area contributed by atoms with Crippen molar-refractivity contribution in [1.29, 1.82) is 0 Å². The van der Waals surface area contributed by atoms with Crippen LogP contribution in [0.2, 0.25) is 5.02 Å². The fourth-order valence-corrected chi connectivity index (χ4v) is 3.10. The van der Waals surface area contributed by atoms with Crippen molar-refractivity contribution in [2.45, 2.75) is 90.4 Å². The summed E-state index contributed by atoms with van der Waals surface area (Å²) >= 11 is 5.94. The first kappa shape index (κ1) is 24.5. The number of carbonyl (C=O) groups excluding carboxylic acids is 2. The average Bonchev–Trinajstić information content (AvgIpc) is 2.68. The molecule has 1 aromatic carbocycles. The highest BCUT2D eigenvalue weighted by Crippen LogP contribution is 2.23. The Kier molecular flexibility index (Phi) is 14.4. The van der Waals surface area contributed by atoms with E-state index in [4.69, 9.17) is 21.1 Å². The van der Waals surface area contributed by atoms with E-state index in [0.29, 0.717) is 23.8 Å². The van der Waals surface area contributed by atoms with E-state index in [9.17, 15) is 9.59 Å². The molecule has 0 radical (unpaired) electrons. The van der Waals surface area contributed by atoms with Crippen LogP contribution in [0.4, 0.5) is 0 Å². The van der Waals surface area contributed by atoms with Crippen LogP contribution in [-0.4, -0.2) is 18.5 Å². The number of halogens is 1. The van der Waals surface area contributed by atoms with Gasteiger partial charge in [0.25, 0.3) is 0 Å². The lowest BCUT2D eigenvalue weighted by molar-refractivity contribution is -0.144. The Morgan fingerprint density at radius 2 is 1.36 bits per heavy atom. The Morgan fingerprint density at radius 3 is 2.00 bits per heavy atom. The first-order valence-electron chi connectivity index (χ1n) is 10.7. The van der Waals surface area contributed by atoms with Crippen molar-refractivity contribution >= 4 is 23.5 Å². The highest BCUT2D eigenvalue weighted by Gasteiger charge is 2.10. The molecule has 0 fully saturated rings. The van der Waals surface area contributed by atoms with Crippen molar-refractivity contribution in [2.24, 2.45) is 0 Å². The summed E-state index contributed by atoms with van der Waals surface area (Å²) < 4.78 is 10.4. The van der Waals surface area contributed by atoms with Gasteiger partial charge in [-0.25, -0.2) is 0 Å². The minimum absolute atomic E-state index is 0.165. The second kappa shape index (κ2) is 16.4. The second-order valence-electron chi connectivity index (χ2n) is 7.16. The molecule has 0 amide bonds. The van der Waals surface area contributed by atoms with E-state index in [1.807, 2.05) is 0 Å². The van der Waals surface area contributed by atoms with Crippen molar-refractivity contribution in [1.82, 2.24) is 0 Å². The zero-order valence-electron chi connectivity index (χ0n) is 17.2. The third kappa shape index (κ3) is 12.8. The van der Waals surface area contributed by atoms with Crippen molar-refractivity contribution in [3.63, 3.8) is 0 Å². The Morgan fingerprint density at radius 1 is 0.786 bits per heavy atom. The highest BCUT2D eigenvalue weighted by molar-refractivity contribution is 6.32. The Labute approximate surface area is 174 Å². The zero-order valence-corrected chi connectivity index (χ0v) is 18.0. The van der Waals surface area contributed by atoms with Crippen LogP contribution >= 0.6 is 11.6 Å². The molecule has 0 spiro atoms. The molecule has 0 bridgehead atoms. The molecule has 0 aromatic heterocycles. The molecule has 0 aliphatic heterocycles. The topological polar surface area (TPSA) is 52.6 Å². The van der Waals surface area contributed by atoms with Gasteiger partial charge in [0.2, 0.25) is 0 Å². The van der Waals surface area contributed by atoms with Crippen molar-refractivity contribution in [3.05, 3.63) is 29.3 Å². The van der Waals surface area contributed by atoms with Crippen LogP contribution in [0.5, 0.6) is 5.75 Å². The van der Waals surface area contributed by atoms with E-state index < -0.39 is 5.97 Å². The zero-order chi connectivity index (χ0) is 20.5. The van der Waals surface area contributed by atoms with E-state index in [1.54, 1.807) is 24.3 Å². The predicted octanol–water partition coefficient (Wildman–Crippen LogP) is 6.88. The lowest BCUT2D eigenvalue weighted by Crippen LogP contribution is -2.10. The molecule has 0 aliphatic rings. The maximum Gasteiger partial charge on any atom is 0.311 e. The number of carbonyl (C=O) groups is 2. The van der Waals surface area contributed by atoms with E-state index in [0.717, 1.165) is 12.8 Å². The van der Waals surface area contributed by atoms with Crippen LogP contribution in [0.15, 0.2) is 24.3 Å². The maximum atomic E-state index is 11.8. The molecule has 0 heterocycles. The molecule has 0 N–H and O–H groups in total. The summed E-state index contributed by atoms with van der Waals surface area (Å²) in [5.74, 6) is -0.297. The summed E-state index contributed by atoms with van der Waals surface area (Å²) in [4.78, 5) is 23.5. The first-order chi connectivity index (χ1) is 13.6. The van der Waals surface area contributed by atoms with E-state index >= 15 is 0 Å². The van der Waals surface area contributed by atoms with Crippen molar-refractivity contribution in [2.75, 3.05) is 6.61 Å². The van der Waals surface area contributed by atoms with Gasteiger partial charge in [-0.3, -0.25) is 9.59 Å². The molecule has 0 saturated heterocycles. The smallest absolute Gasteiger partial charge is 0.311 e. The monoisotopic (exact) mass is 410 g/mol. The Balaban J connectivity index is 1.93. The molecular weight excluding hydrogens is 376 g/mol. The van der Waals surface area contributed by atoms with Gasteiger partial charge in [0.15, 0.2) is 0 Å². The summed E-state index contributed by atoms with van der Waals surface area (Å²) in [5, 5.41) is 0.395. The number of benzene rings is 1. The summed E-state index contributed by atoms with van der Waals surface area (Å²) in [6.07, 6.45) is 13.3. The molecule has 28 heavy (non-hydrogen) atoms. The van der Waals surface area contributed by atoms with Gasteiger partial charge in [0.1, 0.15) is 5.75 Å². The number of ether oxygens (including phenoxy) is 2. The Hall–Kier alpha value is -1.55. The standard InChI is InChI=1S/C23H35ClO4/c1-2-3-4-5-6-7-8-9-10-13-19-27-22(25)17-14-18-23(26)28-21-16-12-11-15-20(21)24/h11-12,15-16H,2-10,13-14,17-19H2,1H3. The molecule has 5 heteroatoms. The number of esters is 2. The molecule has 0 atom stereocenters. The number of hydrogen-bond donors (Lipinski definition) is 0. The highest BCUT2D eigenvalue weighted by atomic mass is 35.5. The number of para-hydroxylation sites is 1. The fraction of sp³-hybridized carbons (Fsp3) is 0.652. The average molecular weight is 411 g/mol. The SMILES string of the molecule is CCCCCCCCCCCCOC(=O)CCCC(=O)Oc1ccccc1Cl. The van der Waals surface area contributed by atoms with Crippen LogP contribution in [0.1, 0.15) is 90.4 Å². The summed E-state index contributed by atoms with van der Waals surface area (Å²) in [7, 11) is 0. The lowest BCUT2D eigenvalue weighted by Gasteiger charge is -2.06. The van der Waals surface area contributed by atoms with Crippen LogP contribution in [-0.2, 0) is 14.3 Å². The second-order valence-corrected chi connectivity index (χ2v) is 7.57. The van der Waals surface area contributed by atoms with E-state index in [-0.39, 0.29) is 18.8 Å². The van der Waals surface area contributed by atoms with Gasteiger partial charge in [-0.1, -0.05) is 88.4 Å². The van der Waals surface area contributed by atoms with Gasteiger partial charge >= 0.3 is 11.9 Å². The molecule has 0 saturated carbocycles. The first-order valence-corrected chi connectivity index (χ1v) is 11.1. The summed E-state index contributed by atoms with van der Waals surface area (Å²) in [6, 6.07) is 6.82. The molecule has 0 unspecified atom stereocenters. The molecule has 1 rings (SSSR count). The van der Waals surface area contributed by atoms with Crippen LogP contribution in [0.3, 0.4) is 0 Å². The molecule has 0 aliphatic carbocycles. The van der Waals surface area contributed by atoms with Gasteiger partial charge in [0.05, 0.1) is 11.6 Å². The number of unbranched alkanes of at least 4 members (excludes halogenated alkanes) is 9. The fourth-order valence-electron chi connectivity index (χ4n) is 2.93. The normalized spacial score (nSPS) is 10.6. The molecule has 4 nitrogen and oxygen atoms in total. The number of hydrogen-bond acceptors (Lipinski definition) is 4. The maximum absolute atomic E-state index is 11.8. The Bertz CT molecular complexity index is 559. The molecule has 158 valence electrons. The van der Waals surface area contributed by atoms with Crippen LogP contribution in [0.25, 0.3) is 0 Å². The summed E-state index contributed by atoms with van der Waals surface area (Å²) in [6.45, 7) is 2.71. The summed E-state index contributed by atoms with van der Waals surface area (Å²) in [5.41, 5.74) is 0. The minimum atomic E-state index is -0.393. The largest absolute Gasteiger partial charge is 0.466 e. The van der Waals surface area contributed by atoms with Gasteiger partial charge in [0, 0.05) is 12.8 Å². The van der Waals surface area contributed by atoms with Gasteiger partial charge in [-0.05, 0) is 25.0 Å². The molecule has 1 aromatic rings. The minimum Gasteiger partial charge on any atom is -0.466 e. The van der Waals surface area contributed by atoms with Crippen LogP contribution < -0.4 is 4.74 Å². The van der Waals surface area contributed by atoms with Gasteiger partial charge < -0.3 is 9.47 Å². The quantitative estimate of drug-likeness (QED) is 0.169. The van der Waals surface area contributed by atoms with E-state index in [2.05, 4.69) is 6.92 Å². The third-order valence-corrected chi connectivity index (χ3v) is 4.90. The van der Waals surface area contributed by atoms with Gasteiger partial charge in [-0.15, -0.1) is 0 Å².